The van der Waals surface area contributed by atoms with Crippen LogP contribution < -0.4 is 10.6 Å². The minimum absolute atomic E-state index is 0.0690. The first-order valence-electron chi connectivity index (χ1n) is 18.0. The molecule has 9 heteroatoms. The number of hydrogen-bond donors (Lipinski definition) is 2. The molecule has 3 unspecified atom stereocenters. The molecule has 8 nitrogen and oxygen atoms in total. The van der Waals surface area contributed by atoms with Gasteiger partial charge in [0.05, 0.1) is 5.69 Å². The molecule has 4 bridgehead atoms. The van der Waals surface area contributed by atoms with Crippen LogP contribution in [0.4, 0.5) is 14.9 Å². The summed E-state index contributed by atoms with van der Waals surface area (Å²) in [6, 6.07) is 4.82. The Morgan fingerprint density at radius 1 is 0.935 bits per heavy atom. The monoisotopic (exact) mass is 637 g/mol. The maximum absolute atomic E-state index is 15.2. The third-order valence-corrected chi connectivity index (χ3v) is 12.1. The summed E-state index contributed by atoms with van der Waals surface area (Å²) >= 11 is 0. The molecule has 2 N–H and O–H groups in total. The molecule has 7 rings (SSSR count). The molecule has 4 amide bonds. The van der Waals surface area contributed by atoms with Crippen molar-refractivity contribution in [3.8, 4) is 0 Å². The molecule has 0 spiro atoms. The molecule has 1 aromatic carbocycles. The summed E-state index contributed by atoms with van der Waals surface area (Å²) in [5.74, 6) is 1.12. The van der Waals surface area contributed by atoms with Gasteiger partial charge in [0.25, 0.3) is 0 Å². The number of piperidine rings is 1. The number of carbonyl (C=O) groups excluding carboxylic acids is 3. The first-order valence-corrected chi connectivity index (χ1v) is 18.0. The third-order valence-electron chi connectivity index (χ3n) is 12.1. The van der Waals surface area contributed by atoms with Crippen molar-refractivity contribution in [2.24, 2.45) is 28.6 Å². The molecule has 3 atom stereocenters. The predicted octanol–water partition coefficient (Wildman–Crippen LogP) is 6.41. The Labute approximate surface area is 275 Å². The van der Waals surface area contributed by atoms with Gasteiger partial charge in [-0.3, -0.25) is 14.5 Å². The van der Waals surface area contributed by atoms with Crippen molar-refractivity contribution in [3.05, 3.63) is 29.6 Å². The zero-order valence-electron chi connectivity index (χ0n) is 28.6. The van der Waals surface area contributed by atoms with Crippen LogP contribution >= 0.6 is 0 Å². The van der Waals surface area contributed by atoms with Crippen molar-refractivity contribution < 1.29 is 18.8 Å². The lowest BCUT2D eigenvalue weighted by atomic mass is 9.43. The van der Waals surface area contributed by atoms with Crippen LogP contribution in [0, 0.1) is 34.4 Å². The molecular weight excluding hydrogens is 581 g/mol. The number of nitrogens with zero attached hydrogens (tertiary/aromatic N) is 3. The Morgan fingerprint density at radius 2 is 1.65 bits per heavy atom. The van der Waals surface area contributed by atoms with E-state index >= 15 is 4.39 Å². The van der Waals surface area contributed by atoms with Gasteiger partial charge < -0.3 is 20.4 Å². The van der Waals surface area contributed by atoms with Gasteiger partial charge in [0.2, 0.25) is 11.8 Å². The average Bonchev–Trinajstić information content (AvgIpc) is 3.21. The standard InChI is InChI=1S/C37H56FN5O3/c1-5-26(2)33(45)43-13-9-27(10-14-43)18-32(44)42-12-6-11-41(15-16-42)22-28-7-8-31(30(38)17-28)39-34(46)40-37-21-29-19-35(3,24-37)23-36(4,20-29)25-37/h7-8,17,26-27,29H,5-6,9-16,18-25H2,1-4H3,(H2,39,40,46). The van der Waals surface area contributed by atoms with Gasteiger partial charge in [0.1, 0.15) is 5.82 Å². The van der Waals surface area contributed by atoms with Crippen LogP contribution in [0.3, 0.4) is 0 Å². The normalized spacial score (nSPS) is 32.2. The molecule has 6 fully saturated rings. The second kappa shape index (κ2) is 13.1. The molecule has 2 aliphatic heterocycles. The molecule has 2 heterocycles. The second-order valence-corrected chi connectivity index (χ2v) is 16.6. The summed E-state index contributed by atoms with van der Waals surface area (Å²) in [5.41, 5.74) is 1.48. The number of carbonyl (C=O) groups is 3. The fourth-order valence-electron chi connectivity index (χ4n) is 10.6. The van der Waals surface area contributed by atoms with Crippen molar-refractivity contribution in [2.45, 2.75) is 110 Å². The largest absolute Gasteiger partial charge is 0.342 e. The van der Waals surface area contributed by atoms with Gasteiger partial charge in [0, 0.05) is 63.7 Å². The van der Waals surface area contributed by atoms with Crippen LogP contribution in [-0.2, 0) is 16.1 Å². The SMILES string of the molecule is CCC(C)C(=O)N1CCC(CC(=O)N2CCCN(Cc3ccc(NC(=O)NC45CC6CC(C)(CC(C)(C6)C4)C5)c(F)c3)CC2)CC1. The topological polar surface area (TPSA) is 85.0 Å². The fraction of sp³-hybridized carbons (Fsp3) is 0.757. The number of halogens is 1. The smallest absolute Gasteiger partial charge is 0.319 e. The number of likely N-dealkylation sites (tertiary alicyclic amines) is 1. The Kier molecular flexibility index (Phi) is 9.45. The Hall–Kier alpha value is -2.68. The number of rotatable bonds is 8. The van der Waals surface area contributed by atoms with Gasteiger partial charge in [0.15, 0.2) is 0 Å². The number of amides is 4. The highest BCUT2D eigenvalue weighted by atomic mass is 19.1. The fourth-order valence-corrected chi connectivity index (χ4v) is 10.6. The van der Waals surface area contributed by atoms with Crippen LogP contribution in [0.15, 0.2) is 18.2 Å². The van der Waals surface area contributed by atoms with E-state index < -0.39 is 5.82 Å². The lowest BCUT2D eigenvalue weighted by Gasteiger charge is -2.65. The van der Waals surface area contributed by atoms with E-state index in [-0.39, 0.29) is 35.0 Å². The Morgan fingerprint density at radius 3 is 2.30 bits per heavy atom. The Balaban J connectivity index is 0.957. The van der Waals surface area contributed by atoms with E-state index in [1.165, 1.54) is 25.3 Å². The zero-order valence-corrected chi connectivity index (χ0v) is 28.6. The number of benzene rings is 1. The van der Waals surface area contributed by atoms with E-state index in [4.69, 9.17) is 0 Å². The lowest BCUT2D eigenvalue weighted by molar-refractivity contribution is -0.137. The van der Waals surface area contributed by atoms with E-state index in [9.17, 15) is 14.4 Å². The summed E-state index contributed by atoms with van der Waals surface area (Å²) < 4.78 is 15.2. The van der Waals surface area contributed by atoms with E-state index in [1.807, 2.05) is 29.7 Å². The van der Waals surface area contributed by atoms with E-state index in [0.29, 0.717) is 42.2 Å². The molecule has 0 aromatic heterocycles. The van der Waals surface area contributed by atoms with Crippen molar-refractivity contribution in [3.63, 3.8) is 0 Å². The molecule has 4 aliphatic carbocycles. The maximum atomic E-state index is 15.2. The van der Waals surface area contributed by atoms with Crippen LogP contribution in [0.25, 0.3) is 0 Å². The quantitative estimate of drug-likeness (QED) is 0.345. The summed E-state index contributed by atoms with van der Waals surface area (Å²) in [6.45, 7) is 13.9. The summed E-state index contributed by atoms with van der Waals surface area (Å²) in [5, 5.41) is 6.13. The number of anilines is 1. The second-order valence-electron chi connectivity index (χ2n) is 16.6. The number of nitrogens with one attached hydrogen (secondary N) is 2. The van der Waals surface area contributed by atoms with E-state index in [1.54, 1.807) is 6.07 Å². The van der Waals surface area contributed by atoms with Gasteiger partial charge in [-0.25, -0.2) is 9.18 Å². The maximum Gasteiger partial charge on any atom is 0.319 e. The predicted molar refractivity (Wildman–Crippen MR) is 179 cm³/mol. The minimum atomic E-state index is -0.416. The highest BCUT2D eigenvalue weighted by Crippen LogP contribution is 2.66. The third kappa shape index (κ3) is 7.39. The summed E-state index contributed by atoms with van der Waals surface area (Å²) in [4.78, 5) is 45.1. The van der Waals surface area contributed by atoms with Gasteiger partial charge in [-0.1, -0.05) is 33.8 Å². The molecule has 46 heavy (non-hydrogen) atoms. The van der Waals surface area contributed by atoms with Crippen molar-refractivity contribution in [1.29, 1.82) is 0 Å². The van der Waals surface area contributed by atoms with Crippen molar-refractivity contribution >= 4 is 23.5 Å². The zero-order chi connectivity index (χ0) is 32.7. The van der Waals surface area contributed by atoms with Crippen molar-refractivity contribution in [1.82, 2.24) is 20.0 Å². The number of urea groups is 1. The minimum Gasteiger partial charge on any atom is -0.342 e. The summed E-state index contributed by atoms with van der Waals surface area (Å²) in [6.07, 6.45) is 10.9. The van der Waals surface area contributed by atoms with Crippen molar-refractivity contribution in [2.75, 3.05) is 44.6 Å². The van der Waals surface area contributed by atoms with Crippen LogP contribution in [0.2, 0.25) is 0 Å². The first-order chi connectivity index (χ1) is 21.9. The molecule has 4 saturated carbocycles. The van der Waals surface area contributed by atoms with E-state index in [2.05, 4.69) is 29.4 Å². The molecule has 1 aromatic rings. The highest BCUT2D eigenvalue weighted by molar-refractivity contribution is 5.90. The molecule has 6 aliphatic rings. The van der Waals surface area contributed by atoms with Crippen LogP contribution in [-0.4, -0.2) is 77.4 Å². The van der Waals surface area contributed by atoms with Gasteiger partial charge >= 0.3 is 6.03 Å². The van der Waals surface area contributed by atoms with Gasteiger partial charge in [-0.2, -0.15) is 0 Å². The Bertz CT molecular complexity index is 1290. The molecule has 2 saturated heterocycles. The molecular formula is C37H56FN5O3. The summed E-state index contributed by atoms with van der Waals surface area (Å²) in [7, 11) is 0. The average molecular weight is 638 g/mol. The molecule has 0 radical (unpaired) electrons. The van der Waals surface area contributed by atoms with Crippen LogP contribution in [0.5, 0.6) is 0 Å². The lowest BCUT2D eigenvalue weighted by Crippen LogP contribution is -2.65. The van der Waals surface area contributed by atoms with Gasteiger partial charge in [-0.05, 0) is 105 Å². The van der Waals surface area contributed by atoms with Gasteiger partial charge in [-0.15, -0.1) is 0 Å². The molecule has 254 valence electrons. The van der Waals surface area contributed by atoms with E-state index in [0.717, 1.165) is 83.2 Å². The first kappa shape index (κ1) is 33.2. The highest BCUT2D eigenvalue weighted by Gasteiger charge is 2.60. The van der Waals surface area contributed by atoms with Crippen LogP contribution in [0.1, 0.15) is 104 Å². The number of hydrogen-bond acceptors (Lipinski definition) is 4.